The number of unbranched alkanes of at least 4 members (excludes halogenated alkanes) is 11. The summed E-state index contributed by atoms with van der Waals surface area (Å²) in [5.74, 6) is -0.793. The smallest absolute Gasteiger partial charge is 0.449 e. The van der Waals surface area contributed by atoms with Gasteiger partial charge in [-0.05, 0) is 32.1 Å². The predicted molar refractivity (Wildman–Crippen MR) is 111 cm³/mol. The normalized spacial score (nSPS) is 14.2. The van der Waals surface area contributed by atoms with Gasteiger partial charge in [0.05, 0.1) is 0 Å². The molecule has 0 radical (unpaired) electrons. The van der Waals surface area contributed by atoms with Crippen LogP contribution >= 0.6 is 0 Å². The van der Waals surface area contributed by atoms with Gasteiger partial charge in [0.1, 0.15) is 5.76 Å². The lowest BCUT2D eigenvalue weighted by molar-refractivity contribution is -0.155. The van der Waals surface area contributed by atoms with Crippen molar-refractivity contribution in [3.8, 4) is 0 Å². The zero-order chi connectivity index (χ0) is 21.1. The van der Waals surface area contributed by atoms with Gasteiger partial charge in [-0.3, -0.25) is 4.79 Å². The van der Waals surface area contributed by atoms with E-state index in [1.54, 1.807) is 0 Å². The van der Waals surface area contributed by atoms with E-state index in [1.165, 1.54) is 51.4 Å². The van der Waals surface area contributed by atoms with Crippen LogP contribution in [0.5, 0.6) is 0 Å². The molecule has 0 saturated carbocycles. The maximum Gasteiger partial charge on any atom is 0.449 e. The molecular weight excluding hydrogens is 377 g/mol. The maximum absolute atomic E-state index is 13.4. The van der Waals surface area contributed by atoms with Crippen molar-refractivity contribution < 1.29 is 17.6 Å². The van der Waals surface area contributed by atoms with Crippen LogP contribution in [-0.4, -0.2) is 0 Å². The molecule has 166 valence electrons. The average molecular weight is 415 g/mol. The summed E-state index contributed by atoms with van der Waals surface area (Å²) in [4.78, 5) is 12.7. The molecular formula is C24H37F3O2. The van der Waals surface area contributed by atoms with Gasteiger partial charge in [-0.15, -0.1) is 0 Å². The highest BCUT2D eigenvalue weighted by molar-refractivity contribution is 5.31. The fourth-order valence-corrected chi connectivity index (χ4v) is 4.30. The molecule has 1 aliphatic carbocycles. The van der Waals surface area contributed by atoms with Crippen LogP contribution < -0.4 is 5.43 Å². The van der Waals surface area contributed by atoms with E-state index in [-0.39, 0.29) is 17.7 Å². The van der Waals surface area contributed by atoms with Gasteiger partial charge in [0.25, 0.3) is 0 Å². The second-order valence-electron chi connectivity index (χ2n) is 8.48. The number of fused-ring (bicyclic) bond motifs is 1. The quantitative estimate of drug-likeness (QED) is 0.308. The fourth-order valence-electron chi connectivity index (χ4n) is 4.30. The van der Waals surface area contributed by atoms with Gasteiger partial charge in [-0.1, -0.05) is 77.6 Å². The Morgan fingerprint density at radius 3 is 1.86 bits per heavy atom. The molecule has 5 heteroatoms. The van der Waals surface area contributed by atoms with Crippen LogP contribution in [0.25, 0.3) is 0 Å². The summed E-state index contributed by atoms with van der Waals surface area (Å²) in [7, 11) is 0. The molecule has 0 N–H and O–H groups in total. The van der Waals surface area contributed by atoms with E-state index in [0.29, 0.717) is 24.8 Å². The number of halogens is 3. The van der Waals surface area contributed by atoms with Gasteiger partial charge in [0, 0.05) is 17.5 Å². The molecule has 0 aliphatic heterocycles. The molecule has 1 aliphatic rings. The first-order valence-corrected chi connectivity index (χ1v) is 11.7. The van der Waals surface area contributed by atoms with E-state index >= 15 is 0 Å². The average Bonchev–Trinajstić information content (AvgIpc) is 2.69. The van der Waals surface area contributed by atoms with Crippen LogP contribution in [0.2, 0.25) is 0 Å². The fraction of sp³-hybridized carbons (Fsp3) is 0.792. The Hall–Kier alpha value is -1.26. The Balaban J connectivity index is 1.74. The first-order chi connectivity index (χ1) is 13.9. The number of hydrogen-bond acceptors (Lipinski definition) is 2. The molecule has 1 aromatic rings. The van der Waals surface area contributed by atoms with Gasteiger partial charge >= 0.3 is 6.18 Å². The van der Waals surface area contributed by atoms with Gasteiger partial charge in [-0.25, -0.2) is 0 Å². The summed E-state index contributed by atoms with van der Waals surface area (Å²) in [6, 6.07) is 0. The molecule has 2 rings (SSSR count). The topological polar surface area (TPSA) is 30.2 Å². The Bertz CT molecular complexity index is 661. The second kappa shape index (κ2) is 12.4. The van der Waals surface area contributed by atoms with Crippen LogP contribution in [0.4, 0.5) is 13.2 Å². The van der Waals surface area contributed by atoms with Crippen LogP contribution in [0, 0.1) is 0 Å². The predicted octanol–water partition coefficient (Wildman–Crippen LogP) is 7.78. The van der Waals surface area contributed by atoms with Crippen LogP contribution in [-0.2, 0) is 25.4 Å². The molecule has 29 heavy (non-hydrogen) atoms. The standard InChI is InChI=1S/C24H37F3O2/c1-2-3-4-5-6-7-8-9-10-11-12-13-17-20-22(28)19-16-14-15-18-21(19)29-23(20)24(25,26)27/h2-18H2,1H3. The zero-order valence-corrected chi connectivity index (χ0v) is 18.0. The lowest BCUT2D eigenvalue weighted by atomic mass is 9.93. The summed E-state index contributed by atoms with van der Waals surface area (Å²) < 4.78 is 45.4. The highest BCUT2D eigenvalue weighted by atomic mass is 19.4. The summed E-state index contributed by atoms with van der Waals surface area (Å²) >= 11 is 0. The molecule has 0 saturated heterocycles. The Kier molecular flexibility index (Phi) is 10.3. The molecule has 0 atom stereocenters. The molecule has 0 spiro atoms. The number of alkyl halides is 3. The van der Waals surface area contributed by atoms with Crippen molar-refractivity contribution in [1.29, 1.82) is 0 Å². The van der Waals surface area contributed by atoms with E-state index < -0.39 is 17.4 Å². The van der Waals surface area contributed by atoms with Gasteiger partial charge in [0.15, 0.2) is 5.43 Å². The molecule has 0 aromatic carbocycles. The van der Waals surface area contributed by atoms with Crippen molar-refractivity contribution in [2.24, 2.45) is 0 Å². The monoisotopic (exact) mass is 414 g/mol. The lowest BCUT2D eigenvalue weighted by Crippen LogP contribution is -2.25. The summed E-state index contributed by atoms with van der Waals surface area (Å²) in [5.41, 5.74) is -0.0789. The Morgan fingerprint density at radius 2 is 1.31 bits per heavy atom. The second-order valence-corrected chi connectivity index (χ2v) is 8.48. The number of rotatable bonds is 13. The number of hydrogen-bond donors (Lipinski definition) is 0. The van der Waals surface area contributed by atoms with Crippen molar-refractivity contribution in [1.82, 2.24) is 0 Å². The van der Waals surface area contributed by atoms with Gasteiger partial charge in [0.2, 0.25) is 5.76 Å². The molecule has 1 heterocycles. The maximum atomic E-state index is 13.4. The highest BCUT2D eigenvalue weighted by Crippen LogP contribution is 2.34. The zero-order valence-electron chi connectivity index (χ0n) is 18.0. The van der Waals surface area contributed by atoms with Crippen molar-refractivity contribution in [3.63, 3.8) is 0 Å². The SMILES string of the molecule is CCCCCCCCCCCCCCc1c(C(F)(F)F)oc2c(c1=O)CCCC2. The van der Waals surface area contributed by atoms with Gasteiger partial charge < -0.3 is 4.42 Å². The van der Waals surface area contributed by atoms with E-state index in [2.05, 4.69) is 6.92 Å². The van der Waals surface area contributed by atoms with E-state index in [9.17, 15) is 18.0 Å². The highest BCUT2D eigenvalue weighted by Gasteiger charge is 2.39. The van der Waals surface area contributed by atoms with Crippen molar-refractivity contribution in [3.05, 3.63) is 32.9 Å². The van der Waals surface area contributed by atoms with Crippen LogP contribution in [0.15, 0.2) is 9.21 Å². The van der Waals surface area contributed by atoms with Crippen LogP contribution in [0.3, 0.4) is 0 Å². The molecule has 0 bridgehead atoms. The third kappa shape index (κ3) is 7.82. The van der Waals surface area contributed by atoms with Gasteiger partial charge in [-0.2, -0.15) is 13.2 Å². The largest absolute Gasteiger partial charge is 0.456 e. The first-order valence-electron chi connectivity index (χ1n) is 11.7. The minimum atomic E-state index is -4.60. The minimum Gasteiger partial charge on any atom is -0.456 e. The lowest BCUT2D eigenvalue weighted by Gasteiger charge is -2.19. The molecule has 0 fully saturated rings. The first kappa shape index (κ1) is 24.0. The Morgan fingerprint density at radius 1 is 0.793 bits per heavy atom. The van der Waals surface area contributed by atoms with Crippen molar-refractivity contribution in [2.75, 3.05) is 0 Å². The minimum absolute atomic E-state index is 0.148. The van der Waals surface area contributed by atoms with Crippen LogP contribution in [0.1, 0.15) is 119 Å². The van der Waals surface area contributed by atoms with E-state index in [1.807, 2.05) is 0 Å². The molecule has 0 unspecified atom stereocenters. The number of aryl methyl sites for hydroxylation is 1. The molecule has 2 nitrogen and oxygen atoms in total. The molecule has 0 amide bonds. The van der Waals surface area contributed by atoms with Crippen molar-refractivity contribution >= 4 is 0 Å². The molecule has 1 aromatic heterocycles. The van der Waals surface area contributed by atoms with Crippen molar-refractivity contribution in [2.45, 2.75) is 122 Å². The third-order valence-electron chi connectivity index (χ3n) is 6.00. The summed E-state index contributed by atoms with van der Waals surface area (Å²) in [5, 5.41) is 0. The summed E-state index contributed by atoms with van der Waals surface area (Å²) in [6.45, 7) is 2.22. The summed E-state index contributed by atoms with van der Waals surface area (Å²) in [6.07, 6.45) is 12.1. The van der Waals surface area contributed by atoms with E-state index in [4.69, 9.17) is 4.42 Å². The third-order valence-corrected chi connectivity index (χ3v) is 6.00. The Labute approximate surface area is 173 Å². The van der Waals surface area contributed by atoms with E-state index in [0.717, 1.165) is 32.1 Å².